The average Bonchev–Trinajstić information content (AvgIpc) is 2.88. The van der Waals surface area contributed by atoms with Crippen LogP contribution in [-0.2, 0) is 19.1 Å². The third-order valence-electron chi connectivity index (χ3n) is 5.18. The molecule has 0 aromatic heterocycles. The lowest BCUT2D eigenvalue weighted by Crippen LogP contribution is -2.60. The van der Waals surface area contributed by atoms with Gasteiger partial charge in [-0.1, -0.05) is 24.3 Å². The van der Waals surface area contributed by atoms with Gasteiger partial charge >= 0.3 is 5.97 Å². The van der Waals surface area contributed by atoms with Crippen molar-refractivity contribution in [1.82, 2.24) is 15.5 Å². The van der Waals surface area contributed by atoms with Crippen LogP contribution in [0.15, 0.2) is 54.6 Å². The first-order chi connectivity index (χ1) is 17.5. The van der Waals surface area contributed by atoms with Crippen LogP contribution in [0.1, 0.15) is 16.8 Å². The molecule has 1 heterocycles. The van der Waals surface area contributed by atoms with Crippen molar-refractivity contribution in [3.05, 3.63) is 60.2 Å². The van der Waals surface area contributed by atoms with Gasteiger partial charge in [-0.15, -0.1) is 0 Å². The number of benzene rings is 2. The molecule has 10 nitrogen and oxygen atoms in total. The summed E-state index contributed by atoms with van der Waals surface area (Å²) < 4.78 is 21.2. The minimum Gasteiger partial charge on any atom is -0.490 e. The molecule has 1 fully saturated rings. The molecule has 2 amide bonds. The lowest BCUT2D eigenvalue weighted by molar-refractivity contribution is -0.148. The van der Waals surface area contributed by atoms with Gasteiger partial charge in [-0.25, -0.2) is 0 Å². The summed E-state index contributed by atoms with van der Waals surface area (Å²) in [5.74, 6) is -0.141. The van der Waals surface area contributed by atoms with Gasteiger partial charge < -0.3 is 29.2 Å². The van der Waals surface area contributed by atoms with Gasteiger partial charge in [0.2, 0.25) is 5.91 Å². The van der Waals surface area contributed by atoms with Crippen LogP contribution in [0.4, 0.5) is 0 Å². The maximum atomic E-state index is 12.8. The van der Waals surface area contributed by atoms with Gasteiger partial charge in [-0.2, -0.15) is 0 Å². The van der Waals surface area contributed by atoms with E-state index in [9.17, 15) is 14.4 Å². The Morgan fingerprint density at radius 2 is 1.75 bits per heavy atom. The van der Waals surface area contributed by atoms with E-state index >= 15 is 0 Å². The van der Waals surface area contributed by atoms with E-state index in [1.165, 1.54) is 12.0 Å². The lowest BCUT2D eigenvalue weighted by atomic mass is 10.1. The standard InChI is InChI=1S/C25H29N3O7S/c1-32-12-13-35-22(29)17-21-24(31)26-10-11-28(21)25(36)27-23(30)18-6-5-9-20(16-18)34-15-14-33-19-7-3-2-4-8-19/h2-9,16,21H,10-15,17H2,1H3,(H,26,31)(H,27,30,36). The van der Waals surface area contributed by atoms with Crippen molar-refractivity contribution in [2.75, 3.05) is 46.6 Å². The second-order valence-corrected chi connectivity index (χ2v) is 8.10. The number of nitrogens with one attached hydrogen (secondary N) is 2. The fraction of sp³-hybridized carbons (Fsp3) is 0.360. The monoisotopic (exact) mass is 515 g/mol. The van der Waals surface area contributed by atoms with Crippen molar-refractivity contribution in [2.45, 2.75) is 12.5 Å². The van der Waals surface area contributed by atoms with Crippen LogP contribution >= 0.6 is 12.2 Å². The zero-order valence-corrected chi connectivity index (χ0v) is 20.8. The predicted molar refractivity (Wildman–Crippen MR) is 135 cm³/mol. The third kappa shape index (κ3) is 8.21. The number of carbonyl (C=O) groups excluding carboxylic acids is 3. The quantitative estimate of drug-likeness (QED) is 0.261. The minimum atomic E-state index is -0.888. The highest BCUT2D eigenvalue weighted by Crippen LogP contribution is 2.15. The first kappa shape index (κ1) is 26.9. The first-order valence-corrected chi connectivity index (χ1v) is 11.8. The largest absolute Gasteiger partial charge is 0.490 e. The first-order valence-electron chi connectivity index (χ1n) is 11.4. The van der Waals surface area contributed by atoms with E-state index < -0.39 is 17.9 Å². The molecule has 0 bridgehead atoms. The van der Waals surface area contributed by atoms with Crippen LogP contribution in [0.25, 0.3) is 0 Å². The van der Waals surface area contributed by atoms with Crippen LogP contribution in [-0.4, -0.2) is 80.5 Å². The third-order valence-corrected chi connectivity index (χ3v) is 5.52. The van der Waals surface area contributed by atoms with Crippen LogP contribution in [0.2, 0.25) is 0 Å². The molecule has 1 unspecified atom stereocenters. The minimum absolute atomic E-state index is 0.0483. The smallest absolute Gasteiger partial charge is 0.308 e. The van der Waals surface area contributed by atoms with E-state index in [0.717, 1.165) is 5.75 Å². The molecule has 0 radical (unpaired) electrons. The number of hydrogen-bond acceptors (Lipinski definition) is 8. The second kappa shape index (κ2) is 14.0. The van der Waals surface area contributed by atoms with Gasteiger partial charge in [0.15, 0.2) is 5.11 Å². The highest BCUT2D eigenvalue weighted by atomic mass is 32.1. The number of esters is 1. The molecule has 2 N–H and O–H groups in total. The molecule has 192 valence electrons. The predicted octanol–water partition coefficient (Wildman–Crippen LogP) is 1.54. The number of thiocarbonyl (C=S) groups is 1. The number of hydrogen-bond donors (Lipinski definition) is 2. The highest BCUT2D eigenvalue weighted by molar-refractivity contribution is 7.80. The second-order valence-electron chi connectivity index (χ2n) is 7.71. The molecule has 11 heteroatoms. The van der Waals surface area contributed by atoms with E-state index in [0.29, 0.717) is 37.6 Å². The molecular weight excluding hydrogens is 486 g/mol. The van der Waals surface area contributed by atoms with Crippen molar-refractivity contribution in [2.24, 2.45) is 0 Å². The van der Waals surface area contributed by atoms with E-state index in [2.05, 4.69) is 10.6 Å². The number of carbonyl (C=O) groups is 3. The van der Waals surface area contributed by atoms with E-state index in [4.69, 9.17) is 31.2 Å². The maximum absolute atomic E-state index is 12.8. The number of piperazine rings is 1. The van der Waals surface area contributed by atoms with Gasteiger partial charge in [-0.05, 0) is 42.5 Å². The van der Waals surface area contributed by atoms with E-state index in [-0.39, 0.29) is 30.7 Å². The molecule has 1 saturated heterocycles. The summed E-state index contributed by atoms with van der Waals surface area (Å²) >= 11 is 5.40. The highest BCUT2D eigenvalue weighted by Gasteiger charge is 2.34. The Hall–Kier alpha value is -3.70. The number of para-hydroxylation sites is 1. The molecular formula is C25H29N3O7S. The Balaban J connectivity index is 1.53. The van der Waals surface area contributed by atoms with Gasteiger partial charge in [-0.3, -0.25) is 19.7 Å². The zero-order chi connectivity index (χ0) is 25.8. The van der Waals surface area contributed by atoms with Crippen LogP contribution in [0, 0.1) is 0 Å². The molecule has 1 aliphatic heterocycles. The van der Waals surface area contributed by atoms with Gasteiger partial charge in [0.05, 0.1) is 13.0 Å². The number of nitrogens with zero attached hydrogens (tertiary/aromatic N) is 1. The normalized spacial score (nSPS) is 15.0. The molecule has 3 rings (SSSR count). The van der Waals surface area contributed by atoms with Gasteiger partial charge in [0.25, 0.3) is 5.91 Å². The van der Waals surface area contributed by atoms with Crippen molar-refractivity contribution in [3.63, 3.8) is 0 Å². The fourth-order valence-electron chi connectivity index (χ4n) is 3.42. The van der Waals surface area contributed by atoms with Crippen LogP contribution < -0.4 is 20.1 Å². The zero-order valence-electron chi connectivity index (χ0n) is 19.9. The van der Waals surface area contributed by atoms with Crippen molar-refractivity contribution in [3.8, 4) is 11.5 Å². The summed E-state index contributed by atoms with van der Waals surface area (Å²) in [5.41, 5.74) is 0.329. The van der Waals surface area contributed by atoms with E-state index in [1.807, 2.05) is 30.3 Å². The Morgan fingerprint density at radius 1 is 1.03 bits per heavy atom. The summed E-state index contributed by atoms with van der Waals surface area (Å²) in [6.07, 6.45) is -0.208. The number of amides is 2. The number of ether oxygens (including phenoxy) is 4. The summed E-state index contributed by atoms with van der Waals surface area (Å²) in [6.45, 7) is 1.65. The Kier molecular flexibility index (Phi) is 10.5. The Labute approximate surface area is 214 Å². The molecule has 36 heavy (non-hydrogen) atoms. The number of rotatable bonds is 11. The Bertz CT molecular complexity index is 1050. The van der Waals surface area contributed by atoms with Crippen LogP contribution in [0.3, 0.4) is 0 Å². The van der Waals surface area contributed by atoms with Crippen LogP contribution in [0.5, 0.6) is 11.5 Å². The van der Waals surface area contributed by atoms with Crippen molar-refractivity contribution < 1.29 is 33.3 Å². The summed E-state index contributed by atoms with van der Waals surface area (Å²) in [7, 11) is 1.49. The maximum Gasteiger partial charge on any atom is 0.308 e. The molecule has 2 aromatic carbocycles. The topological polar surface area (TPSA) is 115 Å². The molecule has 0 spiro atoms. The molecule has 1 aliphatic rings. The summed E-state index contributed by atoms with van der Waals surface area (Å²) in [5, 5.41) is 5.40. The van der Waals surface area contributed by atoms with E-state index in [1.54, 1.807) is 24.3 Å². The average molecular weight is 516 g/mol. The molecule has 0 saturated carbocycles. The molecule has 1 atom stereocenters. The van der Waals surface area contributed by atoms with Crippen molar-refractivity contribution >= 4 is 35.1 Å². The van der Waals surface area contributed by atoms with Gasteiger partial charge in [0, 0.05) is 25.8 Å². The number of methoxy groups -OCH3 is 1. The SMILES string of the molecule is COCCOC(=O)CC1C(=O)NCCN1C(=S)NC(=O)c1cccc(OCCOc2ccccc2)c1. The fourth-order valence-corrected chi connectivity index (χ4v) is 3.73. The van der Waals surface area contributed by atoms with Crippen molar-refractivity contribution in [1.29, 1.82) is 0 Å². The lowest BCUT2D eigenvalue weighted by Gasteiger charge is -2.36. The van der Waals surface area contributed by atoms with Gasteiger partial charge in [0.1, 0.15) is 37.4 Å². The summed E-state index contributed by atoms with van der Waals surface area (Å²) in [6, 6.07) is 15.1. The Morgan fingerprint density at radius 3 is 2.50 bits per heavy atom. The molecule has 0 aliphatic carbocycles. The molecule has 2 aromatic rings. The summed E-state index contributed by atoms with van der Waals surface area (Å²) in [4.78, 5) is 38.9.